The average molecular weight is 387 g/mol. The lowest BCUT2D eigenvalue weighted by Gasteiger charge is -2.33. The Morgan fingerprint density at radius 1 is 1.26 bits per heavy atom. The summed E-state index contributed by atoms with van der Waals surface area (Å²) in [5, 5.41) is 14.2. The van der Waals surface area contributed by atoms with Gasteiger partial charge in [-0.2, -0.15) is 13.2 Å². The van der Waals surface area contributed by atoms with E-state index in [1.54, 1.807) is 4.90 Å². The summed E-state index contributed by atoms with van der Waals surface area (Å²) in [7, 11) is 0. The van der Waals surface area contributed by atoms with Gasteiger partial charge in [0.25, 0.3) is 5.69 Å². The molecule has 1 saturated heterocycles. The molecule has 0 spiro atoms. The monoisotopic (exact) mass is 387 g/mol. The summed E-state index contributed by atoms with van der Waals surface area (Å²) in [5.74, 6) is 0.0672. The Labute approximate surface area is 155 Å². The molecule has 6 nitrogen and oxygen atoms in total. The van der Waals surface area contributed by atoms with Crippen LogP contribution in [0.2, 0.25) is 0 Å². The highest BCUT2D eigenvalue weighted by Crippen LogP contribution is 2.37. The first kappa shape index (κ1) is 21.0. The Hall–Kier alpha value is -2.32. The van der Waals surface area contributed by atoms with Gasteiger partial charge in [0, 0.05) is 31.1 Å². The molecule has 0 aromatic heterocycles. The first-order chi connectivity index (χ1) is 12.5. The van der Waals surface area contributed by atoms with E-state index in [0.717, 1.165) is 12.1 Å². The zero-order chi connectivity index (χ0) is 20.4. The van der Waals surface area contributed by atoms with Gasteiger partial charge in [-0.3, -0.25) is 14.9 Å². The molecule has 1 aromatic carbocycles. The number of benzene rings is 1. The quantitative estimate of drug-likeness (QED) is 0.612. The Kier molecular flexibility index (Phi) is 6.33. The van der Waals surface area contributed by atoms with Crippen molar-refractivity contribution >= 4 is 17.3 Å². The molecule has 150 valence electrons. The van der Waals surface area contributed by atoms with E-state index in [1.807, 2.05) is 20.8 Å². The molecule has 1 fully saturated rings. The number of nitro groups is 1. The topological polar surface area (TPSA) is 75.5 Å². The molecule has 1 aromatic rings. The number of rotatable bonds is 5. The zero-order valence-corrected chi connectivity index (χ0v) is 15.5. The van der Waals surface area contributed by atoms with Crippen LogP contribution in [0.4, 0.5) is 24.5 Å². The van der Waals surface area contributed by atoms with Crippen LogP contribution in [0.3, 0.4) is 0 Å². The van der Waals surface area contributed by atoms with Crippen LogP contribution in [-0.4, -0.2) is 30.0 Å². The van der Waals surface area contributed by atoms with Crippen LogP contribution in [0.25, 0.3) is 0 Å². The molecule has 1 atom stereocenters. The number of carbonyl (C=O) groups is 1. The van der Waals surface area contributed by atoms with E-state index >= 15 is 0 Å². The van der Waals surface area contributed by atoms with Crippen molar-refractivity contribution in [2.75, 3.05) is 18.0 Å². The van der Waals surface area contributed by atoms with Gasteiger partial charge in [0.2, 0.25) is 5.91 Å². The Balaban J connectivity index is 2.09. The third-order valence-electron chi connectivity index (χ3n) is 5.08. The highest BCUT2D eigenvalue weighted by Gasteiger charge is 2.35. The molecule has 1 amide bonds. The summed E-state index contributed by atoms with van der Waals surface area (Å²) in [6.45, 7) is 6.71. The maximum Gasteiger partial charge on any atom is 0.416 e. The maximum absolute atomic E-state index is 12.8. The lowest BCUT2D eigenvalue weighted by atomic mass is 9.94. The van der Waals surface area contributed by atoms with Crippen LogP contribution < -0.4 is 10.2 Å². The lowest BCUT2D eigenvalue weighted by molar-refractivity contribution is -0.384. The van der Waals surface area contributed by atoms with E-state index in [2.05, 4.69) is 5.32 Å². The van der Waals surface area contributed by atoms with Gasteiger partial charge in [0.05, 0.1) is 10.5 Å². The van der Waals surface area contributed by atoms with Gasteiger partial charge in [-0.15, -0.1) is 0 Å². The molecular weight excluding hydrogens is 363 g/mol. The maximum atomic E-state index is 12.8. The van der Waals surface area contributed by atoms with E-state index in [-0.39, 0.29) is 23.6 Å². The van der Waals surface area contributed by atoms with Crippen molar-refractivity contribution < 1.29 is 22.9 Å². The standard InChI is InChI=1S/C18H24F3N3O3/c1-11(2)12(3)22-17(25)13-6-8-23(9-7-13)15-5-4-14(18(19,20)21)10-16(15)24(26)27/h4-5,10-13H,6-9H2,1-3H3,(H,22,25). The van der Waals surface area contributed by atoms with E-state index in [9.17, 15) is 28.1 Å². The first-order valence-electron chi connectivity index (χ1n) is 8.91. The average Bonchev–Trinajstić information content (AvgIpc) is 2.60. The van der Waals surface area contributed by atoms with Crippen molar-refractivity contribution in [2.45, 2.75) is 45.8 Å². The van der Waals surface area contributed by atoms with Crippen LogP contribution in [0.15, 0.2) is 18.2 Å². The molecule has 1 aliphatic rings. The van der Waals surface area contributed by atoms with E-state index in [4.69, 9.17) is 0 Å². The SMILES string of the molecule is CC(C)C(C)NC(=O)C1CCN(c2ccc(C(F)(F)F)cc2[N+](=O)[O-])CC1. The predicted octanol–water partition coefficient (Wildman–Crippen LogP) is 3.99. The summed E-state index contributed by atoms with van der Waals surface area (Å²) >= 11 is 0. The predicted molar refractivity (Wildman–Crippen MR) is 95.5 cm³/mol. The molecule has 1 unspecified atom stereocenters. The van der Waals surface area contributed by atoms with Gasteiger partial charge >= 0.3 is 6.18 Å². The van der Waals surface area contributed by atoms with Crippen molar-refractivity contribution in [1.82, 2.24) is 5.32 Å². The number of amides is 1. The van der Waals surface area contributed by atoms with E-state index in [0.29, 0.717) is 37.9 Å². The van der Waals surface area contributed by atoms with E-state index in [1.165, 1.54) is 0 Å². The second kappa shape index (κ2) is 8.14. The largest absolute Gasteiger partial charge is 0.416 e. The minimum atomic E-state index is -4.64. The van der Waals surface area contributed by atoms with Crippen molar-refractivity contribution in [3.8, 4) is 0 Å². The second-order valence-electron chi connectivity index (χ2n) is 7.26. The molecule has 0 bridgehead atoms. The van der Waals surface area contributed by atoms with Gasteiger partial charge in [-0.25, -0.2) is 0 Å². The fourth-order valence-electron chi connectivity index (χ4n) is 3.00. The summed E-state index contributed by atoms with van der Waals surface area (Å²) in [5.41, 5.74) is -1.46. The zero-order valence-electron chi connectivity index (χ0n) is 15.5. The normalized spacial score (nSPS) is 17.1. The Bertz CT molecular complexity index is 699. The molecular formula is C18H24F3N3O3. The van der Waals surface area contributed by atoms with Gasteiger partial charge in [0.1, 0.15) is 5.69 Å². The lowest BCUT2D eigenvalue weighted by Crippen LogP contribution is -2.44. The fourth-order valence-corrected chi connectivity index (χ4v) is 3.00. The molecule has 1 aliphatic heterocycles. The van der Waals surface area contributed by atoms with Gasteiger partial charge in [0.15, 0.2) is 0 Å². The van der Waals surface area contributed by atoms with Gasteiger partial charge in [-0.05, 0) is 37.8 Å². The molecule has 0 radical (unpaired) electrons. The Morgan fingerprint density at radius 3 is 2.33 bits per heavy atom. The minimum absolute atomic E-state index is 0.0437. The number of halogens is 3. The number of hydrogen-bond donors (Lipinski definition) is 1. The van der Waals surface area contributed by atoms with Crippen LogP contribution in [0.1, 0.15) is 39.2 Å². The van der Waals surface area contributed by atoms with Crippen LogP contribution >= 0.6 is 0 Å². The fraction of sp³-hybridized carbons (Fsp3) is 0.611. The van der Waals surface area contributed by atoms with Gasteiger partial charge in [-0.1, -0.05) is 13.8 Å². The summed E-state index contributed by atoms with van der Waals surface area (Å²) < 4.78 is 38.5. The number of carbonyl (C=O) groups excluding carboxylic acids is 1. The number of nitrogens with zero attached hydrogens (tertiary/aromatic N) is 2. The molecule has 1 heterocycles. The van der Waals surface area contributed by atoms with Crippen molar-refractivity contribution in [3.63, 3.8) is 0 Å². The minimum Gasteiger partial charge on any atom is -0.366 e. The molecule has 27 heavy (non-hydrogen) atoms. The molecule has 2 rings (SSSR count). The molecule has 0 saturated carbocycles. The summed E-state index contributed by atoms with van der Waals surface area (Å²) in [6.07, 6.45) is -3.65. The highest BCUT2D eigenvalue weighted by molar-refractivity contribution is 5.79. The number of alkyl halides is 3. The second-order valence-corrected chi connectivity index (χ2v) is 7.26. The Morgan fingerprint density at radius 2 is 1.85 bits per heavy atom. The third kappa shape index (κ3) is 5.11. The molecule has 0 aliphatic carbocycles. The summed E-state index contributed by atoms with van der Waals surface area (Å²) in [4.78, 5) is 24.4. The van der Waals surface area contributed by atoms with Crippen molar-refractivity contribution in [1.29, 1.82) is 0 Å². The van der Waals surface area contributed by atoms with Crippen LogP contribution in [-0.2, 0) is 11.0 Å². The van der Waals surface area contributed by atoms with E-state index < -0.39 is 22.4 Å². The third-order valence-corrected chi connectivity index (χ3v) is 5.08. The van der Waals surface area contributed by atoms with Crippen LogP contribution in [0.5, 0.6) is 0 Å². The number of nitrogens with one attached hydrogen (secondary N) is 1. The molecule has 1 N–H and O–H groups in total. The van der Waals surface area contributed by atoms with Crippen LogP contribution in [0, 0.1) is 22.0 Å². The first-order valence-corrected chi connectivity index (χ1v) is 8.91. The number of nitro benzene ring substituents is 1. The number of anilines is 1. The number of piperidine rings is 1. The van der Waals surface area contributed by atoms with Gasteiger partial charge < -0.3 is 10.2 Å². The van der Waals surface area contributed by atoms with Crippen molar-refractivity contribution in [3.05, 3.63) is 33.9 Å². The van der Waals surface area contributed by atoms with Crippen molar-refractivity contribution in [2.24, 2.45) is 11.8 Å². The number of hydrogen-bond acceptors (Lipinski definition) is 4. The smallest absolute Gasteiger partial charge is 0.366 e. The highest BCUT2D eigenvalue weighted by atomic mass is 19.4. The summed E-state index contributed by atoms with van der Waals surface area (Å²) in [6, 6.07) is 2.61. The molecule has 9 heteroatoms.